The molecule has 0 atom stereocenters. The molecule has 1 heterocycles. The van der Waals surface area contributed by atoms with Crippen LogP contribution in [-0.4, -0.2) is 40.4 Å². The van der Waals surface area contributed by atoms with Crippen LogP contribution < -0.4 is 5.32 Å². The van der Waals surface area contributed by atoms with Gasteiger partial charge < -0.3 is 10.2 Å². The van der Waals surface area contributed by atoms with Crippen molar-refractivity contribution >= 4 is 11.9 Å². The van der Waals surface area contributed by atoms with Gasteiger partial charge in [-0.2, -0.15) is 0 Å². The van der Waals surface area contributed by atoms with Crippen LogP contribution in [0.1, 0.15) is 44.0 Å². The number of anilines is 1. The minimum Gasteiger partial charge on any atom is -0.354 e. The van der Waals surface area contributed by atoms with Gasteiger partial charge in [0, 0.05) is 32.0 Å². The predicted molar refractivity (Wildman–Crippen MR) is 72.7 cm³/mol. The Morgan fingerprint density at radius 1 is 1.22 bits per heavy atom. The summed E-state index contributed by atoms with van der Waals surface area (Å²) in [5.74, 6) is 0.569. The Balaban J connectivity index is 2.61. The largest absolute Gasteiger partial charge is 0.354 e. The minimum absolute atomic E-state index is 0.0138. The third-order valence-corrected chi connectivity index (χ3v) is 2.76. The van der Waals surface area contributed by atoms with Crippen LogP contribution in [0, 0.1) is 0 Å². The zero-order chi connectivity index (χ0) is 13.4. The Morgan fingerprint density at radius 3 is 2.33 bits per heavy atom. The van der Waals surface area contributed by atoms with E-state index in [0.29, 0.717) is 24.6 Å². The number of carbonyl (C=O) groups excluding carboxylic acids is 1. The molecule has 5 nitrogen and oxygen atoms in total. The van der Waals surface area contributed by atoms with E-state index in [4.69, 9.17) is 0 Å². The number of aromatic nitrogens is 2. The highest BCUT2D eigenvalue weighted by Gasteiger charge is 2.12. The van der Waals surface area contributed by atoms with E-state index >= 15 is 0 Å². The quantitative estimate of drug-likeness (QED) is 0.753. The van der Waals surface area contributed by atoms with Crippen molar-refractivity contribution in [2.45, 2.75) is 33.6 Å². The fourth-order valence-electron chi connectivity index (χ4n) is 1.60. The summed E-state index contributed by atoms with van der Waals surface area (Å²) in [5, 5.41) is 3.12. The second kappa shape index (κ2) is 7.63. The van der Waals surface area contributed by atoms with E-state index in [1.807, 2.05) is 13.8 Å². The van der Waals surface area contributed by atoms with Crippen LogP contribution in [0.15, 0.2) is 12.4 Å². The van der Waals surface area contributed by atoms with E-state index in [9.17, 15) is 4.79 Å². The third kappa shape index (κ3) is 3.98. The van der Waals surface area contributed by atoms with Crippen molar-refractivity contribution < 1.29 is 4.79 Å². The predicted octanol–water partition coefficient (Wildman–Crippen LogP) is 2.17. The lowest BCUT2D eigenvalue weighted by atomic mass is 10.3. The zero-order valence-electron chi connectivity index (χ0n) is 11.4. The van der Waals surface area contributed by atoms with Gasteiger partial charge in [0.15, 0.2) is 0 Å². The number of hydrogen-bond acceptors (Lipinski definition) is 4. The molecule has 0 spiro atoms. The maximum Gasteiger partial charge on any atom is 0.256 e. The van der Waals surface area contributed by atoms with Crippen LogP contribution in [-0.2, 0) is 0 Å². The van der Waals surface area contributed by atoms with Crippen molar-refractivity contribution in [2.75, 3.05) is 25.0 Å². The van der Waals surface area contributed by atoms with Gasteiger partial charge in [-0.15, -0.1) is 0 Å². The number of amides is 1. The average molecular weight is 250 g/mol. The molecule has 1 N–H and O–H groups in total. The van der Waals surface area contributed by atoms with Crippen molar-refractivity contribution in [3.8, 4) is 0 Å². The summed E-state index contributed by atoms with van der Waals surface area (Å²) < 4.78 is 0. The maximum atomic E-state index is 12.0. The van der Waals surface area contributed by atoms with Crippen LogP contribution in [0.25, 0.3) is 0 Å². The highest BCUT2D eigenvalue weighted by atomic mass is 16.2. The molecule has 0 unspecified atom stereocenters. The first-order chi connectivity index (χ1) is 8.72. The monoisotopic (exact) mass is 250 g/mol. The van der Waals surface area contributed by atoms with Gasteiger partial charge in [-0.3, -0.25) is 4.79 Å². The molecule has 0 aliphatic carbocycles. The van der Waals surface area contributed by atoms with Crippen LogP contribution in [0.5, 0.6) is 0 Å². The van der Waals surface area contributed by atoms with E-state index < -0.39 is 0 Å². The van der Waals surface area contributed by atoms with Gasteiger partial charge in [0.05, 0.1) is 5.56 Å². The Morgan fingerprint density at radius 2 is 1.83 bits per heavy atom. The summed E-state index contributed by atoms with van der Waals surface area (Å²) in [5.41, 5.74) is 0.541. The smallest absolute Gasteiger partial charge is 0.256 e. The molecule has 1 rings (SSSR count). The van der Waals surface area contributed by atoms with Crippen LogP contribution in [0.2, 0.25) is 0 Å². The van der Waals surface area contributed by atoms with E-state index in [2.05, 4.69) is 22.2 Å². The van der Waals surface area contributed by atoms with Gasteiger partial charge in [0.2, 0.25) is 5.95 Å². The molecule has 18 heavy (non-hydrogen) atoms. The molecule has 1 aromatic rings. The average Bonchev–Trinajstić information content (AvgIpc) is 2.41. The molecule has 1 amide bonds. The van der Waals surface area contributed by atoms with Crippen LogP contribution >= 0.6 is 0 Å². The normalized spacial score (nSPS) is 10.2. The number of hydrogen-bond donors (Lipinski definition) is 1. The molecule has 0 radical (unpaired) electrons. The van der Waals surface area contributed by atoms with Gasteiger partial charge in [0.1, 0.15) is 0 Å². The summed E-state index contributed by atoms with van der Waals surface area (Å²) in [6, 6.07) is 0. The topological polar surface area (TPSA) is 58.1 Å². The standard InChI is InChI=1S/C13H22N4O/c1-4-7-8-14-13-15-9-11(10-16-13)12(18)17(5-2)6-3/h9-10H,4-8H2,1-3H3,(H,14,15,16). The Kier molecular flexibility index (Phi) is 6.11. The van der Waals surface area contributed by atoms with E-state index in [0.717, 1.165) is 19.4 Å². The Hall–Kier alpha value is -1.65. The summed E-state index contributed by atoms with van der Waals surface area (Å²) in [6.07, 6.45) is 5.39. The summed E-state index contributed by atoms with van der Waals surface area (Å²) in [6.45, 7) is 8.32. The van der Waals surface area contributed by atoms with E-state index in [1.165, 1.54) is 0 Å². The lowest BCUT2D eigenvalue weighted by Gasteiger charge is -2.18. The minimum atomic E-state index is -0.0138. The second-order valence-electron chi connectivity index (χ2n) is 4.05. The fourth-order valence-corrected chi connectivity index (χ4v) is 1.60. The molecular formula is C13H22N4O. The maximum absolute atomic E-state index is 12.0. The van der Waals surface area contributed by atoms with Crippen molar-refractivity contribution in [3.63, 3.8) is 0 Å². The molecule has 5 heteroatoms. The lowest BCUT2D eigenvalue weighted by Crippen LogP contribution is -2.30. The SMILES string of the molecule is CCCCNc1ncc(C(=O)N(CC)CC)cn1. The number of rotatable bonds is 7. The first-order valence-corrected chi connectivity index (χ1v) is 6.58. The van der Waals surface area contributed by atoms with Gasteiger partial charge in [-0.25, -0.2) is 9.97 Å². The van der Waals surface area contributed by atoms with Gasteiger partial charge in [0.25, 0.3) is 5.91 Å². The molecule has 0 bridgehead atoms. The van der Waals surface area contributed by atoms with E-state index in [1.54, 1.807) is 17.3 Å². The molecule has 0 aromatic carbocycles. The van der Waals surface area contributed by atoms with Crippen LogP contribution in [0.4, 0.5) is 5.95 Å². The Labute approximate surface area is 109 Å². The molecule has 100 valence electrons. The van der Waals surface area contributed by atoms with Gasteiger partial charge >= 0.3 is 0 Å². The number of nitrogens with zero attached hydrogens (tertiary/aromatic N) is 3. The van der Waals surface area contributed by atoms with Crippen molar-refractivity contribution in [2.24, 2.45) is 0 Å². The molecule has 0 saturated heterocycles. The summed E-state index contributed by atoms with van der Waals surface area (Å²) >= 11 is 0. The van der Waals surface area contributed by atoms with Gasteiger partial charge in [-0.05, 0) is 20.3 Å². The first kappa shape index (κ1) is 14.4. The highest BCUT2D eigenvalue weighted by Crippen LogP contribution is 2.05. The number of carbonyl (C=O) groups is 1. The van der Waals surface area contributed by atoms with Crippen molar-refractivity contribution in [3.05, 3.63) is 18.0 Å². The molecule has 0 saturated carbocycles. The summed E-state index contributed by atoms with van der Waals surface area (Å²) in [4.78, 5) is 22.1. The molecule has 0 fully saturated rings. The molecular weight excluding hydrogens is 228 g/mol. The first-order valence-electron chi connectivity index (χ1n) is 6.58. The fraction of sp³-hybridized carbons (Fsp3) is 0.615. The molecule has 0 aliphatic rings. The third-order valence-electron chi connectivity index (χ3n) is 2.76. The summed E-state index contributed by atoms with van der Waals surface area (Å²) in [7, 11) is 0. The van der Waals surface area contributed by atoms with Gasteiger partial charge in [-0.1, -0.05) is 13.3 Å². The second-order valence-corrected chi connectivity index (χ2v) is 4.05. The highest BCUT2D eigenvalue weighted by molar-refractivity contribution is 5.93. The lowest BCUT2D eigenvalue weighted by molar-refractivity contribution is 0.0772. The zero-order valence-corrected chi connectivity index (χ0v) is 11.4. The number of unbranched alkanes of at least 4 members (excludes halogenated alkanes) is 1. The van der Waals surface area contributed by atoms with E-state index in [-0.39, 0.29) is 5.91 Å². The molecule has 1 aromatic heterocycles. The van der Waals surface area contributed by atoms with Crippen molar-refractivity contribution in [1.82, 2.24) is 14.9 Å². The van der Waals surface area contributed by atoms with Crippen LogP contribution in [0.3, 0.4) is 0 Å². The molecule has 0 aliphatic heterocycles. The number of nitrogens with one attached hydrogen (secondary N) is 1. The Bertz CT molecular complexity index is 360. The van der Waals surface area contributed by atoms with Crippen molar-refractivity contribution in [1.29, 1.82) is 0 Å².